The summed E-state index contributed by atoms with van der Waals surface area (Å²) in [5, 5.41) is 2.55. The van der Waals surface area contributed by atoms with Gasteiger partial charge in [-0.05, 0) is 103 Å². The first-order valence-corrected chi connectivity index (χ1v) is 17.0. The number of rotatable bonds is 5. The van der Waals surface area contributed by atoms with Crippen LogP contribution in [0, 0.1) is 27.7 Å². The first kappa shape index (κ1) is 30.0. The first-order chi connectivity index (χ1) is 23.2. The molecule has 0 radical (unpaired) electrons. The van der Waals surface area contributed by atoms with Crippen molar-refractivity contribution in [3.8, 4) is 16.8 Å². The van der Waals surface area contributed by atoms with Crippen molar-refractivity contribution < 1.29 is 0 Å². The summed E-state index contributed by atoms with van der Waals surface area (Å²) in [6.07, 6.45) is 5.93. The molecule has 6 aromatic carbocycles. The molecule has 1 aliphatic rings. The number of aryl methyl sites for hydroxylation is 4. The van der Waals surface area contributed by atoms with E-state index in [2.05, 4.69) is 185 Å². The number of fused-ring (bicyclic) bond motifs is 3. The molecule has 1 unspecified atom stereocenters. The predicted molar refractivity (Wildman–Crippen MR) is 206 cm³/mol. The molecule has 0 saturated carbocycles. The van der Waals surface area contributed by atoms with Gasteiger partial charge in [0.2, 0.25) is 0 Å². The molecule has 0 amide bonds. The molecule has 0 spiro atoms. The zero-order valence-electron chi connectivity index (χ0n) is 28.5. The summed E-state index contributed by atoms with van der Waals surface area (Å²) in [7, 11) is 0. The lowest BCUT2D eigenvalue weighted by Gasteiger charge is -2.34. The molecule has 0 fully saturated rings. The van der Waals surface area contributed by atoms with Gasteiger partial charge in [-0.2, -0.15) is 0 Å². The minimum Gasteiger partial charge on any atom is -0.309 e. The van der Waals surface area contributed by atoms with Crippen LogP contribution in [0.1, 0.15) is 52.3 Å². The van der Waals surface area contributed by atoms with E-state index >= 15 is 0 Å². The SMILES string of the molecule is Cc1cc(C)cc(C2=CC(c3ccc4c(c3)c3ccccc3n4-c3ccc(-c4ccccc4)cc3)=CC(C)(c3cc(C)cc(C)c3)C2)c1. The van der Waals surface area contributed by atoms with Crippen molar-refractivity contribution in [1.29, 1.82) is 0 Å². The summed E-state index contributed by atoms with van der Waals surface area (Å²) in [6.45, 7) is 11.3. The van der Waals surface area contributed by atoms with Gasteiger partial charge in [0.25, 0.3) is 0 Å². The van der Waals surface area contributed by atoms with Crippen LogP contribution in [-0.2, 0) is 5.41 Å². The second-order valence-corrected chi connectivity index (χ2v) is 14.1. The highest BCUT2D eigenvalue weighted by molar-refractivity contribution is 6.10. The van der Waals surface area contributed by atoms with E-state index in [9.17, 15) is 0 Å². The average Bonchev–Trinajstić information content (AvgIpc) is 3.41. The maximum atomic E-state index is 2.52. The lowest BCUT2D eigenvalue weighted by molar-refractivity contribution is 0.610. The Labute approximate surface area is 284 Å². The fraction of sp³-hybridized carbons (Fsp3) is 0.149. The summed E-state index contributed by atoms with van der Waals surface area (Å²) in [4.78, 5) is 0. The summed E-state index contributed by atoms with van der Waals surface area (Å²) in [5.74, 6) is 0. The quantitative estimate of drug-likeness (QED) is 0.181. The maximum absolute atomic E-state index is 2.52. The van der Waals surface area contributed by atoms with Crippen molar-refractivity contribution in [2.24, 2.45) is 0 Å². The Morgan fingerprint density at radius 1 is 0.500 bits per heavy atom. The van der Waals surface area contributed by atoms with E-state index in [1.165, 1.54) is 88.7 Å². The zero-order chi connectivity index (χ0) is 33.0. The third-order valence-corrected chi connectivity index (χ3v) is 10.1. The van der Waals surface area contributed by atoms with Crippen molar-refractivity contribution >= 4 is 33.0 Å². The van der Waals surface area contributed by atoms with E-state index in [-0.39, 0.29) is 5.41 Å². The number of para-hydroxylation sites is 1. The molecule has 1 atom stereocenters. The number of allylic oxidation sites excluding steroid dienone is 4. The molecule has 1 heterocycles. The van der Waals surface area contributed by atoms with Gasteiger partial charge in [0.15, 0.2) is 0 Å². The number of hydrogen-bond acceptors (Lipinski definition) is 0. The first-order valence-electron chi connectivity index (χ1n) is 17.0. The van der Waals surface area contributed by atoms with Gasteiger partial charge in [0.05, 0.1) is 11.0 Å². The van der Waals surface area contributed by atoms with Crippen LogP contribution in [0.5, 0.6) is 0 Å². The Balaban J connectivity index is 1.29. The van der Waals surface area contributed by atoms with Gasteiger partial charge >= 0.3 is 0 Å². The van der Waals surface area contributed by atoms with Crippen LogP contribution in [0.15, 0.2) is 146 Å². The number of aromatic nitrogens is 1. The Morgan fingerprint density at radius 3 is 1.79 bits per heavy atom. The Kier molecular flexibility index (Phi) is 7.30. The molecule has 7 aromatic rings. The largest absolute Gasteiger partial charge is 0.309 e. The van der Waals surface area contributed by atoms with Crippen molar-refractivity contribution in [1.82, 2.24) is 4.57 Å². The highest BCUT2D eigenvalue weighted by Crippen LogP contribution is 2.45. The molecule has 0 bridgehead atoms. The number of hydrogen-bond donors (Lipinski definition) is 0. The minimum atomic E-state index is -0.142. The monoisotopic (exact) mass is 619 g/mol. The van der Waals surface area contributed by atoms with Gasteiger partial charge in [-0.25, -0.2) is 0 Å². The molecule has 1 nitrogen and oxygen atoms in total. The van der Waals surface area contributed by atoms with Crippen molar-refractivity contribution in [2.45, 2.75) is 46.5 Å². The number of benzene rings is 6. The van der Waals surface area contributed by atoms with Crippen LogP contribution in [0.25, 0.3) is 49.8 Å². The second-order valence-electron chi connectivity index (χ2n) is 14.1. The Bertz CT molecular complexity index is 2360. The number of nitrogens with zero attached hydrogens (tertiary/aromatic N) is 1. The molecule has 48 heavy (non-hydrogen) atoms. The van der Waals surface area contributed by atoms with Crippen molar-refractivity contribution in [3.05, 3.63) is 185 Å². The van der Waals surface area contributed by atoms with Gasteiger partial charge in [0, 0.05) is 21.9 Å². The molecule has 0 saturated heterocycles. The Morgan fingerprint density at radius 2 is 1.08 bits per heavy atom. The molecule has 0 N–H and O–H groups in total. The molecule has 8 rings (SSSR count). The van der Waals surface area contributed by atoms with Gasteiger partial charge in [-0.1, -0.05) is 144 Å². The lowest BCUT2D eigenvalue weighted by Crippen LogP contribution is -2.23. The molecular weight excluding hydrogens is 579 g/mol. The van der Waals surface area contributed by atoms with Gasteiger partial charge in [0.1, 0.15) is 0 Å². The highest BCUT2D eigenvalue weighted by Gasteiger charge is 2.31. The fourth-order valence-corrected chi connectivity index (χ4v) is 7.94. The third-order valence-electron chi connectivity index (χ3n) is 10.1. The Hall–Kier alpha value is -5.40. The van der Waals surface area contributed by atoms with E-state index in [0.29, 0.717) is 0 Å². The second kappa shape index (κ2) is 11.7. The summed E-state index contributed by atoms with van der Waals surface area (Å²) in [6, 6.07) is 49.5. The zero-order valence-corrected chi connectivity index (χ0v) is 28.5. The fourth-order valence-electron chi connectivity index (χ4n) is 7.94. The topological polar surface area (TPSA) is 4.93 Å². The molecular formula is C47H41N. The van der Waals surface area contributed by atoms with Crippen LogP contribution in [0.3, 0.4) is 0 Å². The molecule has 1 heteroatoms. The van der Waals surface area contributed by atoms with Gasteiger partial charge in [-0.15, -0.1) is 0 Å². The maximum Gasteiger partial charge on any atom is 0.0541 e. The minimum absolute atomic E-state index is 0.142. The highest BCUT2D eigenvalue weighted by atomic mass is 15.0. The third kappa shape index (κ3) is 5.40. The molecule has 0 aliphatic heterocycles. The predicted octanol–water partition coefficient (Wildman–Crippen LogP) is 12.5. The molecule has 1 aromatic heterocycles. The van der Waals surface area contributed by atoms with Crippen LogP contribution in [0.4, 0.5) is 0 Å². The van der Waals surface area contributed by atoms with Crippen molar-refractivity contribution in [3.63, 3.8) is 0 Å². The van der Waals surface area contributed by atoms with E-state index in [1.54, 1.807) is 0 Å². The van der Waals surface area contributed by atoms with Gasteiger partial charge < -0.3 is 4.57 Å². The van der Waals surface area contributed by atoms with Crippen LogP contribution < -0.4 is 0 Å². The van der Waals surface area contributed by atoms with Crippen molar-refractivity contribution in [2.75, 3.05) is 0 Å². The average molecular weight is 620 g/mol. The van der Waals surface area contributed by atoms with E-state index in [4.69, 9.17) is 0 Å². The van der Waals surface area contributed by atoms with E-state index in [1.807, 2.05) is 0 Å². The van der Waals surface area contributed by atoms with E-state index < -0.39 is 0 Å². The summed E-state index contributed by atoms with van der Waals surface area (Å²) in [5.41, 5.74) is 17.8. The van der Waals surface area contributed by atoms with Crippen LogP contribution in [0.2, 0.25) is 0 Å². The summed E-state index contributed by atoms with van der Waals surface area (Å²) >= 11 is 0. The lowest BCUT2D eigenvalue weighted by atomic mass is 9.70. The van der Waals surface area contributed by atoms with Crippen LogP contribution >= 0.6 is 0 Å². The van der Waals surface area contributed by atoms with Crippen LogP contribution in [-0.4, -0.2) is 4.57 Å². The summed E-state index contributed by atoms with van der Waals surface area (Å²) < 4.78 is 2.41. The molecule has 1 aliphatic carbocycles. The standard InChI is InChI=1S/C47H41N/c1-31-21-32(2)24-38(23-31)40-27-39(29-47(5,30-40)41-25-33(3)22-34(4)26-41)37-17-20-46-44(28-37)43-13-9-10-14-45(43)48(46)42-18-15-36(16-19-42)35-11-7-6-8-12-35/h6-29H,30H2,1-5H3. The van der Waals surface area contributed by atoms with Gasteiger partial charge in [-0.3, -0.25) is 0 Å². The van der Waals surface area contributed by atoms with E-state index in [0.717, 1.165) is 6.42 Å². The molecule has 234 valence electrons. The normalized spacial score (nSPS) is 16.3. The smallest absolute Gasteiger partial charge is 0.0541 e.